The van der Waals surface area contributed by atoms with E-state index in [1.807, 2.05) is 0 Å². The van der Waals surface area contributed by atoms with Gasteiger partial charge in [0.2, 0.25) is 0 Å². The fourth-order valence-corrected chi connectivity index (χ4v) is 2.34. The molecule has 0 unspecified atom stereocenters. The SMILES string of the molecule is CC(=O)CN(CCN(CCN(CC(=O)O)CC(=O)O)CC(=O)O)CC(=O)O. The highest BCUT2D eigenvalue weighted by molar-refractivity contribution is 5.78. The fraction of sp³-hybridized carbons (Fsp3) is 0.667. The number of hydrogen-bond donors (Lipinski definition) is 4. The lowest BCUT2D eigenvalue weighted by molar-refractivity contribution is -0.143. The van der Waals surface area contributed by atoms with E-state index in [4.69, 9.17) is 20.4 Å². The minimum absolute atomic E-state index is 0.00246. The van der Waals surface area contributed by atoms with Gasteiger partial charge >= 0.3 is 23.9 Å². The van der Waals surface area contributed by atoms with Gasteiger partial charge < -0.3 is 20.4 Å². The van der Waals surface area contributed by atoms with Gasteiger partial charge in [0.1, 0.15) is 5.78 Å². The first-order valence-electron chi connectivity index (χ1n) is 8.03. The van der Waals surface area contributed by atoms with E-state index < -0.39 is 43.5 Å². The molecule has 0 fully saturated rings. The zero-order valence-electron chi connectivity index (χ0n) is 15.0. The molecule has 0 aromatic heterocycles. The Kier molecular flexibility index (Phi) is 11.5. The zero-order chi connectivity index (χ0) is 21.0. The quantitative estimate of drug-likeness (QED) is 0.224. The minimum Gasteiger partial charge on any atom is -0.480 e. The van der Waals surface area contributed by atoms with E-state index in [0.29, 0.717) is 0 Å². The summed E-state index contributed by atoms with van der Waals surface area (Å²) in [5.74, 6) is -4.94. The Morgan fingerprint density at radius 2 is 0.778 bits per heavy atom. The highest BCUT2D eigenvalue weighted by atomic mass is 16.4. The van der Waals surface area contributed by atoms with Crippen molar-refractivity contribution in [2.24, 2.45) is 0 Å². The molecule has 0 saturated heterocycles. The lowest BCUT2D eigenvalue weighted by atomic mass is 10.3. The van der Waals surface area contributed by atoms with Crippen LogP contribution in [0.25, 0.3) is 0 Å². The Bertz CT molecular complexity index is 481. The molecule has 12 heteroatoms. The molecule has 0 rings (SSSR count). The van der Waals surface area contributed by atoms with Crippen LogP contribution in [0.1, 0.15) is 6.92 Å². The van der Waals surface area contributed by atoms with Crippen LogP contribution < -0.4 is 0 Å². The van der Waals surface area contributed by atoms with Crippen LogP contribution in [0.5, 0.6) is 0 Å². The monoisotopic (exact) mass is 391 g/mol. The second-order valence-corrected chi connectivity index (χ2v) is 5.97. The van der Waals surface area contributed by atoms with E-state index in [1.165, 1.54) is 16.7 Å². The first kappa shape index (κ1) is 24.4. The molecule has 12 nitrogen and oxygen atoms in total. The highest BCUT2D eigenvalue weighted by Gasteiger charge is 2.18. The lowest BCUT2D eigenvalue weighted by Gasteiger charge is -2.27. The fourth-order valence-electron chi connectivity index (χ4n) is 2.34. The topological polar surface area (TPSA) is 176 Å². The Balaban J connectivity index is 4.85. The molecule has 0 aromatic rings. The van der Waals surface area contributed by atoms with Crippen molar-refractivity contribution < 1.29 is 44.4 Å². The molecular formula is C15H25N3O9. The second kappa shape index (κ2) is 12.7. The van der Waals surface area contributed by atoms with Gasteiger partial charge in [0.15, 0.2) is 0 Å². The van der Waals surface area contributed by atoms with Gasteiger partial charge in [-0.2, -0.15) is 0 Å². The number of Topliss-reactive ketones (excluding diaryl/α,β-unsaturated/α-hetero) is 1. The maximum absolute atomic E-state index is 11.2. The molecule has 0 radical (unpaired) electrons. The number of carboxylic acid groups (broad SMARTS) is 4. The van der Waals surface area contributed by atoms with Gasteiger partial charge in [0.25, 0.3) is 0 Å². The Hall–Kier alpha value is -2.57. The number of ketones is 1. The number of hydrogen-bond acceptors (Lipinski definition) is 8. The van der Waals surface area contributed by atoms with E-state index in [9.17, 15) is 24.0 Å². The van der Waals surface area contributed by atoms with Crippen LogP contribution in [0.15, 0.2) is 0 Å². The predicted molar refractivity (Wildman–Crippen MR) is 90.5 cm³/mol. The molecule has 0 bridgehead atoms. The highest BCUT2D eigenvalue weighted by Crippen LogP contribution is 1.97. The van der Waals surface area contributed by atoms with Crippen LogP contribution in [0.4, 0.5) is 0 Å². The standard InChI is InChI=1S/C15H25N3O9/c1-11(19)6-17(8-13(22)23)4-2-16(7-12(20)21)3-5-18(9-14(24)25)10-15(26)27/h2-10H2,1H3,(H,20,21)(H,22,23)(H,24,25)(H,26,27). The summed E-state index contributed by atoms with van der Waals surface area (Å²) in [6, 6.07) is 0. The summed E-state index contributed by atoms with van der Waals surface area (Å²) in [4.78, 5) is 58.6. The van der Waals surface area contributed by atoms with Crippen LogP contribution in [0.3, 0.4) is 0 Å². The molecule has 4 N–H and O–H groups in total. The molecule has 0 atom stereocenters. The van der Waals surface area contributed by atoms with E-state index in [-0.39, 0.29) is 45.1 Å². The molecule has 0 heterocycles. The predicted octanol–water partition coefficient (Wildman–Crippen LogP) is -2.18. The largest absolute Gasteiger partial charge is 0.480 e. The summed E-state index contributed by atoms with van der Waals surface area (Å²) in [6.45, 7) is -0.314. The average molecular weight is 391 g/mol. The number of carboxylic acids is 4. The van der Waals surface area contributed by atoms with Gasteiger partial charge in [0, 0.05) is 26.2 Å². The normalized spacial score (nSPS) is 11.1. The number of rotatable bonds is 16. The summed E-state index contributed by atoms with van der Waals surface area (Å²) in [6.07, 6.45) is 0. The summed E-state index contributed by atoms with van der Waals surface area (Å²) < 4.78 is 0. The second-order valence-electron chi connectivity index (χ2n) is 5.97. The number of carbonyl (C=O) groups is 5. The number of nitrogens with zero attached hydrogens (tertiary/aromatic N) is 3. The molecular weight excluding hydrogens is 366 g/mol. The average Bonchev–Trinajstić information content (AvgIpc) is 2.46. The van der Waals surface area contributed by atoms with Crippen molar-refractivity contribution in [3.05, 3.63) is 0 Å². The van der Waals surface area contributed by atoms with Crippen LogP contribution in [0.2, 0.25) is 0 Å². The van der Waals surface area contributed by atoms with E-state index in [0.717, 1.165) is 4.90 Å². The van der Waals surface area contributed by atoms with Crippen LogP contribution in [-0.4, -0.2) is 124 Å². The van der Waals surface area contributed by atoms with Gasteiger partial charge in [0.05, 0.1) is 32.7 Å². The molecule has 0 aliphatic rings. The maximum atomic E-state index is 11.2. The van der Waals surface area contributed by atoms with Gasteiger partial charge in [-0.25, -0.2) is 0 Å². The van der Waals surface area contributed by atoms with Crippen molar-refractivity contribution in [1.29, 1.82) is 0 Å². The lowest BCUT2D eigenvalue weighted by Crippen LogP contribution is -2.45. The summed E-state index contributed by atoms with van der Waals surface area (Å²) in [5.41, 5.74) is 0. The Morgan fingerprint density at radius 1 is 0.519 bits per heavy atom. The maximum Gasteiger partial charge on any atom is 0.317 e. The van der Waals surface area contributed by atoms with E-state index in [1.54, 1.807) is 0 Å². The van der Waals surface area contributed by atoms with Crippen molar-refractivity contribution in [3.63, 3.8) is 0 Å². The summed E-state index contributed by atoms with van der Waals surface area (Å²) in [5, 5.41) is 35.5. The number of carbonyl (C=O) groups excluding carboxylic acids is 1. The Morgan fingerprint density at radius 3 is 1.07 bits per heavy atom. The van der Waals surface area contributed by atoms with Crippen LogP contribution in [-0.2, 0) is 24.0 Å². The van der Waals surface area contributed by atoms with Crippen molar-refractivity contribution in [2.75, 3.05) is 58.9 Å². The molecule has 0 aliphatic carbocycles. The molecule has 0 aliphatic heterocycles. The first-order valence-corrected chi connectivity index (χ1v) is 8.03. The molecule has 154 valence electrons. The van der Waals surface area contributed by atoms with Gasteiger partial charge in [-0.1, -0.05) is 0 Å². The van der Waals surface area contributed by atoms with Crippen molar-refractivity contribution >= 4 is 29.7 Å². The number of aliphatic carboxylic acids is 4. The third kappa shape index (κ3) is 14.3. The molecule has 0 aromatic carbocycles. The molecule has 0 amide bonds. The molecule has 0 saturated carbocycles. The third-order valence-electron chi connectivity index (χ3n) is 3.35. The van der Waals surface area contributed by atoms with E-state index >= 15 is 0 Å². The van der Waals surface area contributed by atoms with E-state index in [2.05, 4.69) is 0 Å². The Labute approximate surface area is 155 Å². The first-order chi connectivity index (χ1) is 12.5. The van der Waals surface area contributed by atoms with Gasteiger partial charge in [-0.15, -0.1) is 0 Å². The van der Waals surface area contributed by atoms with Crippen LogP contribution in [0, 0.1) is 0 Å². The zero-order valence-corrected chi connectivity index (χ0v) is 15.0. The van der Waals surface area contributed by atoms with Gasteiger partial charge in [-0.05, 0) is 6.92 Å². The van der Waals surface area contributed by atoms with Crippen molar-refractivity contribution in [2.45, 2.75) is 6.92 Å². The van der Waals surface area contributed by atoms with Crippen molar-refractivity contribution in [1.82, 2.24) is 14.7 Å². The minimum atomic E-state index is -1.21. The van der Waals surface area contributed by atoms with Crippen molar-refractivity contribution in [3.8, 4) is 0 Å². The van der Waals surface area contributed by atoms with Gasteiger partial charge in [-0.3, -0.25) is 38.7 Å². The molecule has 27 heavy (non-hydrogen) atoms. The van der Waals surface area contributed by atoms with Crippen LogP contribution >= 0.6 is 0 Å². The third-order valence-corrected chi connectivity index (χ3v) is 3.35. The molecule has 0 spiro atoms. The summed E-state index contributed by atoms with van der Waals surface area (Å²) >= 11 is 0. The smallest absolute Gasteiger partial charge is 0.317 e. The summed E-state index contributed by atoms with van der Waals surface area (Å²) in [7, 11) is 0.